The lowest BCUT2D eigenvalue weighted by atomic mass is 10.1. The Bertz CT molecular complexity index is 610. The topological polar surface area (TPSA) is 113 Å². The van der Waals surface area contributed by atoms with E-state index in [2.05, 4.69) is 10.0 Å². The molecule has 0 bridgehead atoms. The largest absolute Gasteiger partial charge is 0.480 e. The van der Waals surface area contributed by atoms with Crippen LogP contribution in [0.3, 0.4) is 0 Å². The van der Waals surface area contributed by atoms with Gasteiger partial charge in [-0.1, -0.05) is 17.7 Å². The number of carboxylic acids is 1. The molecule has 0 aliphatic heterocycles. The zero-order valence-electron chi connectivity index (χ0n) is 11.8. The van der Waals surface area contributed by atoms with Crippen LogP contribution in [-0.4, -0.2) is 38.5 Å². The number of amides is 1. The predicted octanol–water partition coefficient (Wildman–Crippen LogP) is 0.253. The van der Waals surface area contributed by atoms with E-state index in [0.717, 1.165) is 5.56 Å². The van der Waals surface area contributed by atoms with Gasteiger partial charge in [0, 0.05) is 13.5 Å². The van der Waals surface area contributed by atoms with E-state index in [1.165, 1.54) is 19.2 Å². The van der Waals surface area contributed by atoms with E-state index in [1.54, 1.807) is 12.1 Å². The predicted molar refractivity (Wildman–Crippen MR) is 76.2 cm³/mol. The minimum atomic E-state index is -3.94. The fourth-order valence-corrected chi connectivity index (χ4v) is 2.83. The quantitative estimate of drug-likeness (QED) is 0.668. The summed E-state index contributed by atoms with van der Waals surface area (Å²) in [6.45, 7) is 1.81. The molecule has 0 aromatic heterocycles. The molecule has 0 aliphatic rings. The van der Waals surface area contributed by atoms with Crippen LogP contribution in [0, 0.1) is 6.92 Å². The normalized spacial score (nSPS) is 12.7. The molecule has 1 amide bonds. The Morgan fingerprint density at radius 1 is 1.24 bits per heavy atom. The zero-order valence-corrected chi connectivity index (χ0v) is 12.6. The maximum absolute atomic E-state index is 12.1. The van der Waals surface area contributed by atoms with Crippen LogP contribution in [0.4, 0.5) is 0 Å². The van der Waals surface area contributed by atoms with E-state index >= 15 is 0 Å². The Morgan fingerprint density at radius 3 is 2.29 bits per heavy atom. The summed E-state index contributed by atoms with van der Waals surface area (Å²) in [4.78, 5) is 22.2. The second-order valence-electron chi connectivity index (χ2n) is 4.54. The van der Waals surface area contributed by atoms with Crippen LogP contribution in [-0.2, 0) is 19.6 Å². The van der Waals surface area contributed by atoms with Crippen molar-refractivity contribution >= 4 is 21.9 Å². The lowest BCUT2D eigenvalue weighted by Gasteiger charge is -2.14. The Hall–Kier alpha value is -1.93. The van der Waals surface area contributed by atoms with Crippen molar-refractivity contribution in [3.63, 3.8) is 0 Å². The average Bonchev–Trinajstić information content (AvgIpc) is 2.43. The molecule has 0 saturated carbocycles. The molecule has 1 aromatic carbocycles. The Balaban J connectivity index is 2.84. The maximum Gasteiger partial charge on any atom is 0.321 e. The van der Waals surface area contributed by atoms with Crippen molar-refractivity contribution in [2.24, 2.45) is 0 Å². The number of aliphatic carboxylic acids is 1. The molecule has 21 heavy (non-hydrogen) atoms. The van der Waals surface area contributed by atoms with E-state index in [9.17, 15) is 18.0 Å². The highest BCUT2D eigenvalue weighted by Crippen LogP contribution is 2.12. The van der Waals surface area contributed by atoms with Gasteiger partial charge in [-0.25, -0.2) is 8.42 Å². The first kappa shape index (κ1) is 17.1. The third-order valence-electron chi connectivity index (χ3n) is 2.87. The number of carbonyl (C=O) groups excluding carboxylic acids is 1. The first-order chi connectivity index (χ1) is 9.76. The highest BCUT2D eigenvalue weighted by molar-refractivity contribution is 7.89. The van der Waals surface area contributed by atoms with Gasteiger partial charge in [0.2, 0.25) is 15.9 Å². The molecule has 8 heteroatoms. The molecule has 0 radical (unpaired) electrons. The molecule has 116 valence electrons. The van der Waals surface area contributed by atoms with Crippen LogP contribution in [0.1, 0.15) is 18.4 Å². The Kier molecular flexibility index (Phi) is 5.86. The maximum atomic E-state index is 12.1. The number of nitrogens with one attached hydrogen (secondary N) is 2. The van der Waals surface area contributed by atoms with Gasteiger partial charge in [-0.05, 0) is 25.5 Å². The van der Waals surface area contributed by atoms with Gasteiger partial charge < -0.3 is 10.4 Å². The summed E-state index contributed by atoms with van der Waals surface area (Å²) in [5.41, 5.74) is 0.892. The average molecular weight is 314 g/mol. The van der Waals surface area contributed by atoms with Crippen LogP contribution in [0.2, 0.25) is 0 Å². The van der Waals surface area contributed by atoms with Crippen LogP contribution in [0.25, 0.3) is 0 Å². The van der Waals surface area contributed by atoms with Gasteiger partial charge >= 0.3 is 5.97 Å². The number of carbonyl (C=O) groups is 2. The van der Waals surface area contributed by atoms with Crippen LogP contribution >= 0.6 is 0 Å². The Labute approximate surface area is 123 Å². The molecule has 1 rings (SSSR count). The van der Waals surface area contributed by atoms with E-state index < -0.39 is 22.0 Å². The lowest BCUT2D eigenvalue weighted by Crippen LogP contribution is -2.41. The molecule has 0 fully saturated rings. The Morgan fingerprint density at radius 2 is 1.81 bits per heavy atom. The van der Waals surface area contributed by atoms with Crippen LogP contribution in [0.5, 0.6) is 0 Å². The van der Waals surface area contributed by atoms with Gasteiger partial charge in [-0.15, -0.1) is 0 Å². The molecule has 3 N–H and O–H groups in total. The molecular formula is C13H18N2O5S. The SMILES string of the molecule is CNC(=O)CC[C@H](NS(=O)(=O)c1ccc(C)cc1)C(=O)O. The second kappa shape index (κ2) is 7.19. The van der Waals surface area contributed by atoms with Gasteiger partial charge in [0.25, 0.3) is 0 Å². The first-order valence-electron chi connectivity index (χ1n) is 6.28. The van der Waals surface area contributed by atoms with Gasteiger partial charge in [-0.2, -0.15) is 4.72 Å². The number of sulfonamides is 1. The fraction of sp³-hybridized carbons (Fsp3) is 0.385. The minimum absolute atomic E-state index is 0.0145. The number of hydrogen-bond donors (Lipinski definition) is 3. The third kappa shape index (κ3) is 5.16. The van der Waals surface area contributed by atoms with Crippen molar-refractivity contribution in [3.8, 4) is 0 Å². The van der Waals surface area contributed by atoms with Crippen molar-refractivity contribution in [1.29, 1.82) is 0 Å². The van der Waals surface area contributed by atoms with E-state index in [-0.39, 0.29) is 23.6 Å². The lowest BCUT2D eigenvalue weighted by molar-refractivity contribution is -0.139. The van der Waals surface area contributed by atoms with E-state index in [0.29, 0.717) is 0 Å². The number of carboxylic acid groups (broad SMARTS) is 1. The van der Waals surface area contributed by atoms with Crippen molar-refractivity contribution in [2.45, 2.75) is 30.7 Å². The number of aryl methyl sites for hydroxylation is 1. The summed E-state index contributed by atoms with van der Waals surface area (Å²) in [6, 6.07) is 4.68. The minimum Gasteiger partial charge on any atom is -0.480 e. The molecule has 0 spiro atoms. The van der Waals surface area contributed by atoms with Gasteiger partial charge in [0.05, 0.1) is 4.90 Å². The van der Waals surface area contributed by atoms with Gasteiger partial charge in [0.15, 0.2) is 0 Å². The van der Waals surface area contributed by atoms with Crippen molar-refractivity contribution in [1.82, 2.24) is 10.0 Å². The number of benzene rings is 1. The van der Waals surface area contributed by atoms with Gasteiger partial charge in [0.1, 0.15) is 6.04 Å². The highest BCUT2D eigenvalue weighted by Gasteiger charge is 2.25. The molecule has 0 heterocycles. The second-order valence-corrected chi connectivity index (χ2v) is 6.25. The highest BCUT2D eigenvalue weighted by atomic mass is 32.2. The summed E-state index contributed by atoms with van der Waals surface area (Å²) in [7, 11) is -2.51. The molecule has 0 unspecified atom stereocenters. The molecular weight excluding hydrogens is 296 g/mol. The number of hydrogen-bond acceptors (Lipinski definition) is 4. The molecule has 1 aromatic rings. The van der Waals surface area contributed by atoms with E-state index in [1.807, 2.05) is 6.92 Å². The monoisotopic (exact) mass is 314 g/mol. The van der Waals surface area contributed by atoms with Crippen molar-refractivity contribution in [3.05, 3.63) is 29.8 Å². The van der Waals surface area contributed by atoms with Crippen molar-refractivity contribution in [2.75, 3.05) is 7.05 Å². The molecule has 1 atom stereocenters. The molecule has 0 aliphatic carbocycles. The zero-order chi connectivity index (χ0) is 16.0. The smallest absolute Gasteiger partial charge is 0.321 e. The molecule has 0 saturated heterocycles. The van der Waals surface area contributed by atoms with Gasteiger partial charge in [-0.3, -0.25) is 9.59 Å². The first-order valence-corrected chi connectivity index (χ1v) is 7.77. The fourth-order valence-electron chi connectivity index (χ4n) is 1.61. The van der Waals surface area contributed by atoms with Crippen LogP contribution < -0.4 is 10.0 Å². The molecule has 7 nitrogen and oxygen atoms in total. The van der Waals surface area contributed by atoms with E-state index in [4.69, 9.17) is 5.11 Å². The summed E-state index contributed by atoms with van der Waals surface area (Å²) in [5.74, 6) is -1.68. The summed E-state index contributed by atoms with van der Waals surface area (Å²) < 4.78 is 26.3. The van der Waals surface area contributed by atoms with Crippen LogP contribution in [0.15, 0.2) is 29.2 Å². The summed E-state index contributed by atoms with van der Waals surface area (Å²) in [5, 5.41) is 11.4. The third-order valence-corrected chi connectivity index (χ3v) is 4.35. The standard InChI is InChI=1S/C13H18N2O5S/c1-9-3-5-10(6-4-9)21(19,20)15-11(13(17)18)7-8-12(16)14-2/h3-6,11,15H,7-8H2,1-2H3,(H,14,16)(H,17,18)/t11-/m0/s1. The van der Waals surface area contributed by atoms with Crippen molar-refractivity contribution < 1.29 is 23.1 Å². The number of rotatable bonds is 7. The summed E-state index contributed by atoms with van der Waals surface area (Å²) >= 11 is 0. The summed E-state index contributed by atoms with van der Waals surface area (Å²) in [6.07, 6.45) is -0.204.